The topological polar surface area (TPSA) is 175 Å². The summed E-state index contributed by atoms with van der Waals surface area (Å²) in [6, 6.07) is 0. The van der Waals surface area contributed by atoms with Crippen molar-refractivity contribution < 1.29 is 51.7 Å². The zero-order valence-corrected chi connectivity index (χ0v) is 19.7. The summed E-state index contributed by atoms with van der Waals surface area (Å²) in [5, 5.41) is 0. The molecule has 0 spiro atoms. The Morgan fingerprint density at radius 3 is 1.75 bits per heavy atom. The zero-order valence-electron chi connectivity index (χ0n) is 18.8. The lowest BCUT2D eigenvalue weighted by atomic mass is 10.5. The third-order valence-electron chi connectivity index (χ3n) is 3.26. The van der Waals surface area contributed by atoms with Crippen molar-refractivity contribution in [2.24, 2.45) is 10.5 Å². The molecule has 0 heterocycles. The first-order chi connectivity index (χ1) is 15.2. The van der Waals surface area contributed by atoms with Gasteiger partial charge in [0.05, 0.1) is 46.8 Å². The van der Waals surface area contributed by atoms with Crippen LogP contribution in [-0.2, 0) is 42.1 Å². The minimum absolute atomic E-state index is 0.0480. The molecule has 0 aromatic carbocycles. The van der Waals surface area contributed by atoms with Crippen molar-refractivity contribution >= 4 is 32.0 Å². The van der Waals surface area contributed by atoms with Crippen LogP contribution in [0.25, 0.3) is 0 Å². The summed E-state index contributed by atoms with van der Waals surface area (Å²) < 4.78 is 50.5. The molecule has 15 heteroatoms. The minimum Gasteiger partial charge on any atom is -0.468 e. The molecule has 0 rings (SSSR count). The number of ether oxygens (including phenoxy) is 5. The van der Waals surface area contributed by atoms with Gasteiger partial charge in [-0.1, -0.05) is 0 Å². The van der Waals surface area contributed by atoms with Crippen molar-refractivity contribution in [2.75, 3.05) is 60.3 Å². The van der Waals surface area contributed by atoms with E-state index in [9.17, 15) is 18.9 Å². The average molecular weight is 485 g/mol. The molecule has 0 amide bonds. The summed E-state index contributed by atoms with van der Waals surface area (Å²) >= 11 is 0. The summed E-state index contributed by atoms with van der Waals surface area (Å²) in [6.07, 6.45) is -1.32. The Balaban J connectivity index is 4.83. The minimum atomic E-state index is -4.11. The van der Waals surface area contributed by atoms with Crippen molar-refractivity contribution in [2.45, 2.75) is 26.7 Å². The second-order valence-electron chi connectivity index (χ2n) is 5.80. The Morgan fingerprint density at radius 2 is 1.34 bits per heavy atom. The van der Waals surface area contributed by atoms with Gasteiger partial charge in [0.15, 0.2) is 0 Å². The fourth-order valence-electron chi connectivity index (χ4n) is 1.74. The van der Waals surface area contributed by atoms with Gasteiger partial charge in [-0.15, -0.1) is 4.76 Å². The molecule has 14 nitrogen and oxygen atoms in total. The lowest BCUT2D eigenvalue weighted by Crippen LogP contribution is -2.38. The van der Waals surface area contributed by atoms with Crippen LogP contribution in [-0.4, -0.2) is 89.5 Å². The molecule has 0 radical (unpaired) electrons. The van der Waals surface area contributed by atoms with Gasteiger partial charge in [-0.3, -0.25) is 13.8 Å². The van der Waals surface area contributed by atoms with Crippen LogP contribution >= 0.6 is 7.75 Å². The predicted octanol–water partition coefficient (Wildman–Crippen LogP) is 1.67. The molecular formula is C17H32N3O11P. The van der Waals surface area contributed by atoms with Gasteiger partial charge in [-0.25, -0.2) is 14.2 Å². The molecule has 0 aromatic rings. The van der Waals surface area contributed by atoms with E-state index >= 15 is 0 Å². The number of likely N-dealkylation sites (N-methyl/N-ethyl adjacent to an activating group) is 1. The smallest absolute Gasteiger partial charge is 0.468 e. The van der Waals surface area contributed by atoms with E-state index in [2.05, 4.69) is 19.0 Å². The molecular weight excluding hydrogens is 453 g/mol. The van der Waals surface area contributed by atoms with E-state index in [0.717, 1.165) is 0 Å². The van der Waals surface area contributed by atoms with Gasteiger partial charge in [0, 0.05) is 19.9 Å². The van der Waals surface area contributed by atoms with Crippen LogP contribution in [0.2, 0.25) is 0 Å². The normalized spacial score (nSPS) is 11.4. The lowest BCUT2D eigenvalue weighted by molar-refractivity contribution is -0.140. The van der Waals surface area contributed by atoms with Gasteiger partial charge in [0.1, 0.15) is 6.54 Å². The van der Waals surface area contributed by atoms with Gasteiger partial charge in [0.25, 0.3) is 0 Å². The first-order valence-electron chi connectivity index (χ1n) is 9.79. The zero-order chi connectivity index (χ0) is 24.4. The third-order valence-corrected chi connectivity index (χ3v) is 4.73. The molecule has 0 aliphatic rings. The second kappa shape index (κ2) is 17.0. The molecule has 0 unspecified atom stereocenters. The van der Waals surface area contributed by atoms with Crippen LogP contribution in [0.1, 0.15) is 26.7 Å². The molecule has 0 saturated heterocycles. The van der Waals surface area contributed by atoms with Gasteiger partial charge in [-0.05, 0) is 13.8 Å². The van der Waals surface area contributed by atoms with E-state index in [1.54, 1.807) is 13.8 Å². The van der Waals surface area contributed by atoms with E-state index in [-0.39, 0.29) is 65.0 Å². The highest BCUT2D eigenvalue weighted by Crippen LogP contribution is 2.50. The van der Waals surface area contributed by atoms with E-state index in [1.165, 1.54) is 19.1 Å². The number of carbonyl (C=O) groups excluding carboxylic acids is 3. The SMILES string of the molecule is CCOC(=O)OCCCOP(=O)(/N=C(\N)N(C)CC(=O)OC)OCCCOC(=O)OCC. The number of carbonyl (C=O) groups is 3. The van der Waals surface area contributed by atoms with Crippen LogP contribution in [0.15, 0.2) is 4.76 Å². The molecule has 0 aliphatic carbocycles. The third kappa shape index (κ3) is 14.4. The largest absolute Gasteiger partial charge is 0.508 e. The predicted molar refractivity (Wildman–Crippen MR) is 111 cm³/mol. The summed E-state index contributed by atoms with van der Waals surface area (Å²) in [4.78, 5) is 34.8. The maximum absolute atomic E-state index is 13.0. The number of rotatable bonds is 15. The standard InChI is InChI=1S/C17H32N3O11P/c1-5-26-16(22)28-9-7-11-30-32(24,19-15(18)20(3)13-14(21)25-4)31-12-8-10-29-17(23)27-6-2/h5-13H2,1-4H3,(H2,18,19,24). The van der Waals surface area contributed by atoms with Gasteiger partial charge < -0.3 is 34.3 Å². The molecule has 0 aromatic heterocycles. The molecule has 0 aliphatic heterocycles. The summed E-state index contributed by atoms with van der Waals surface area (Å²) in [5.74, 6) is -0.876. The average Bonchev–Trinajstić information content (AvgIpc) is 2.73. The number of hydrogen-bond donors (Lipinski definition) is 1. The first kappa shape index (κ1) is 29.4. The number of nitrogens with zero attached hydrogens (tertiary/aromatic N) is 2. The Hall–Kier alpha value is -2.57. The Morgan fingerprint density at radius 1 is 0.875 bits per heavy atom. The Bertz CT molecular complexity index is 628. The molecule has 0 saturated carbocycles. The van der Waals surface area contributed by atoms with Gasteiger partial charge in [-0.2, -0.15) is 0 Å². The fourth-order valence-corrected chi connectivity index (χ4v) is 3.06. The van der Waals surface area contributed by atoms with E-state index in [4.69, 9.17) is 24.3 Å². The van der Waals surface area contributed by atoms with Crippen molar-refractivity contribution in [3.8, 4) is 0 Å². The molecule has 0 atom stereocenters. The van der Waals surface area contributed by atoms with Crippen LogP contribution in [0, 0.1) is 0 Å². The van der Waals surface area contributed by atoms with Gasteiger partial charge >= 0.3 is 26.0 Å². The quantitative estimate of drug-likeness (QED) is 0.0886. The van der Waals surface area contributed by atoms with Crippen LogP contribution in [0.4, 0.5) is 9.59 Å². The van der Waals surface area contributed by atoms with Crippen molar-refractivity contribution in [3.05, 3.63) is 0 Å². The summed E-state index contributed by atoms with van der Waals surface area (Å²) in [6.45, 7) is 2.98. The van der Waals surface area contributed by atoms with Crippen LogP contribution in [0.3, 0.4) is 0 Å². The highest BCUT2D eigenvalue weighted by atomic mass is 31.2. The van der Waals surface area contributed by atoms with Crippen molar-refractivity contribution in [1.82, 2.24) is 4.90 Å². The molecule has 0 bridgehead atoms. The highest BCUT2D eigenvalue weighted by molar-refractivity contribution is 7.52. The van der Waals surface area contributed by atoms with E-state index < -0.39 is 26.0 Å². The number of esters is 1. The Labute approximate surface area is 186 Å². The number of hydrogen-bond acceptors (Lipinski definition) is 11. The second-order valence-corrected chi connectivity index (χ2v) is 7.45. The lowest BCUT2D eigenvalue weighted by Gasteiger charge is -2.19. The van der Waals surface area contributed by atoms with Crippen LogP contribution in [0.5, 0.6) is 0 Å². The molecule has 186 valence electrons. The number of guanidine groups is 1. The summed E-state index contributed by atoms with van der Waals surface area (Å²) in [7, 11) is -1.47. The van der Waals surface area contributed by atoms with Crippen molar-refractivity contribution in [3.63, 3.8) is 0 Å². The molecule has 2 N–H and O–H groups in total. The van der Waals surface area contributed by atoms with Crippen molar-refractivity contribution in [1.29, 1.82) is 0 Å². The van der Waals surface area contributed by atoms with Crippen LogP contribution < -0.4 is 5.73 Å². The number of nitrogens with two attached hydrogens (primary N) is 1. The first-order valence-corrected chi connectivity index (χ1v) is 11.3. The van der Waals surface area contributed by atoms with E-state index in [1.807, 2.05) is 0 Å². The molecule has 0 fully saturated rings. The Kier molecular flexibility index (Phi) is 15.7. The summed E-state index contributed by atoms with van der Waals surface area (Å²) in [5.41, 5.74) is 5.78. The molecule has 32 heavy (non-hydrogen) atoms. The number of methoxy groups -OCH3 is 1. The fraction of sp³-hybridized carbons (Fsp3) is 0.765. The van der Waals surface area contributed by atoms with Gasteiger partial charge in [0.2, 0.25) is 5.96 Å². The highest BCUT2D eigenvalue weighted by Gasteiger charge is 2.26. The van der Waals surface area contributed by atoms with E-state index in [0.29, 0.717) is 0 Å². The maximum Gasteiger partial charge on any atom is 0.508 e. The maximum atomic E-state index is 13.0. The monoisotopic (exact) mass is 485 g/mol.